The van der Waals surface area contributed by atoms with Gasteiger partial charge in [0, 0.05) is 19.3 Å². The van der Waals surface area contributed by atoms with Crippen LogP contribution in [0.25, 0.3) is 0 Å². The van der Waals surface area contributed by atoms with Gasteiger partial charge in [-0.1, -0.05) is 0 Å². The molecule has 23 heavy (non-hydrogen) atoms. The van der Waals surface area contributed by atoms with Crippen molar-refractivity contribution in [3.8, 4) is 5.75 Å². The van der Waals surface area contributed by atoms with Crippen LogP contribution in [0.4, 0.5) is 19.0 Å². The molecule has 0 spiro atoms. The fraction of sp³-hybridized carbons (Fsp3) is 0.600. The minimum absolute atomic E-state index is 0.248. The van der Waals surface area contributed by atoms with E-state index in [4.69, 9.17) is 9.47 Å². The van der Waals surface area contributed by atoms with Crippen LogP contribution in [0.2, 0.25) is 0 Å². The number of carbonyl (C=O) groups is 1. The number of anilines is 1. The standard InChI is InChI=1S/C15H17F3N2O3/c1-20(11-7-8(22-2)5-6-19-11)14(21)12-9-3-4-10(23-9)13(12)15(16,17)18/h5-7,9-10,12-13H,3-4H2,1-2H3/t9-,10-,12-,13-/m1/s1. The molecule has 1 aromatic rings. The Balaban J connectivity index is 1.86. The molecular formula is C15H17F3N2O3. The van der Waals surface area contributed by atoms with Crippen molar-refractivity contribution in [1.82, 2.24) is 4.98 Å². The van der Waals surface area contributed by atoms with E-state index in [1.807, 2.05) is 0 Å². The molecule has 0 unspecified atom stereocenters. The highest BCUT2D eigenvalue weighted by atomic mass is 19.4. The topological polar surface area (TPSA) is 51.7 Å². The van der Waals surface area contributed by atoms with Crippen LogP contribution in [0.5, 0.6) is 5.75 Å². The predicted octanol–water partition coefficient (Wildman–Crippen LogP) is 2.41. The number of fused-ring (bicyclic) bond motifs is 2. The molecule has 3 rings (SSSR count). The summed E-state index contributed by atoms with van der Waals surface area (Å²) in [5.74, 6) is -2.86. The number of nitrogens with zero attached hydrogens (tertiary/aromatic N) is 2. The molecule has 5 nitrogen and oxygen atoms in total. The lowest BCUT2D eigenvalue weighted by Gasteiger charge is -2.31. The second-order valence-corrected chi connectivity index (χ2v) is 5.83. The number of alkyl halides is 3. The molecule has 4 atom stereocenters. The number of methoxy groups -OCH3 is 1. The van der Waals surface area contributed by atoms with E-state index in [-0.39, 0.29) is 5.82 Å². The predicted molar refractivity (Wildman–Crippen MR) is 75.1 cm³/mol. The van der Waals surface area contributed by atoms with Crippen LogP contribution in [0.3, 0.4) is 0 Å². The molecule has 2 saturated heterocycles. The van der Waals surface area contributed by atoms with Crippen LogP contribution in [-0.4, -0.2) is 43.4 Å². The lowest BCUT2D eigenvalue weighted by molar-refractivity contribution is -0.196. The summed E-state index contributed by atoms with van der Waals surface area (Å²) in [7, 11) is 2.88. The SMILES string of the molecule is COc1ccnc(N(C)C(=O)[C@H]2[C@H](C(F)(F)F)[C@H]3CC[C@H]2O3)c1. The number of ether oxygens (including phenoxy) is 2. The molecule has 1 aromatic heterocycles. The highest BCUT2D eigenvalue weighted by molar-refractivity contribution is 5.94. The molecule has 0 saturated carbocycles. The third kappa shape index (κ3) is 2.75. The quantitative estimate of drug-likeness (QED) is 0.854. The van der Waals surface area contributed by atoms with Gasteiger partial charge in [0.2, 0.25) is 5.91 Å². The van der Waals surface area contributed by atoms with Crippen LogP contribution in [0.1, 0.15) is 12.8 Å². The van der Waals surface area contributed by atoms with E-state index < -0.39 is 36.1 Å². The monoisotopic (exact) mass is 330 g/mol. The summed E-state index contributed by atoms with van der Waals surface area (Å²) in [6, 6.07) is 3.11. The Morgan fingerprint density at radius 2 is 2.09 bits per heavy atom. The fourth-order valence-corrected chi connectivity index (χ4v) is 3.45. The lowest BCUT2D eigenvalue weighted by Crippen LogP contribution is -2.47. The van der Waals surface area contributed by atoms with E-state index in [1.54, 1.807) is 6.07 Å². The first-order valence-electron chi connectivity index (χ1n) is 7.32. The van der Waals surface area contributed by atoms with Crippen molar-refractivity contribution in [2.24, 2.45) is 11.8 Å². The zero-order valence-corrected chi connectivity index (χ0v) is 12.7. The smallest absolute Gasteiger partial charge is 0.395 e. The van der Waals surface area contributed by atoms with Crippen molar-refractivity contribution in [2.45, 2.75) is 31.2 Å². The molecule has 126 valence electrons. The number of rotatable bonds is 3. The van der Waals surface area contributed by atoms with Gasteiger partial charge in [0.25, 0.3) is 0 Å². The molecule has 0 N–H and O–H groups in total. The molecule has 0 aliphatic carbocycles. The van der Waals surface area contributed by atoms with Gasteiger partial charge in [-0.2, -0.15) is 13.2 Å². The number of hydrogen-bond acceptors (Lipinski definition) is 4. The van der Waals surface area contributed by atoms with Crippen molar-refractivity contribution in [1.29, 1.82) is 0 Å². The van der Waals surface area contributed by atoms with Gasteiger partial charge in [0.05, 0.1) is 31.2 Å². The van der Waals surface area contributed by atoms with Crippen molar-refractivity contribution in [2.75, 3.05) is 19.1 Å². The van der Waals surface area contributed by atoms with Gasteiger partial charge in [0.1, 0.15) is 11.6 Å². The van der Waals surface area contributed by atoms with Crippen molar-refractivity contribution in [3.63, 3.8) is 0 Å². The highest BCUT2D eigenvalue weighted by Gasteiger charge is 2.62. The first-order chi connectivity index (χ1) is 10.8. The summed E-state index contributed by atoms with van der Waals surface area (Å²) in [6.45, 7) is 0. The van der Waals surface area contributed by atoms with E-state index in [0.717, 1.165) is 4.90 Å². The van der Waals surface area contributed by atoms with Crippen LogP contribution in [0.15, 0.2) is 18.3 Å². The zero-order chi connectivity index (χ0) is 16.8. The summed E-state index contributed by atoms with van der Waals surface area (Å²) >= 11 is 0. The van der Waals surface area contributed by atoms with Crippen LogP contribution in [0, 0.1) is 11.8 Å². The third-order valence-electron chi connectivity index (χ3n) is 4.56. The Morgan fingerprint density at radius 1 is 1.39 bits per heavy atom. The zero-order valence-electron chi connectivity index (χ0n) is 12.7. The van der Waals surface area contributed by atoms with E-state index >= 15 is 0 Å². The van der Waals surface area contributed by atoms with E-state index in [2.05, 4.69) is 4.98 Å². The molecule has 2 fully saturated rings. The van der Waals surface area contributed by atoms with Crippen LogP contribution in [-0.2, 0) is 9.53 Å². The molecule has 8 heteroatoms. The molecule has 2 aliphatic rings. The van der Waals surface area contributed by atoms with Gasteiger partial charge in [-0.3, -0.25) is 9.69 Å². The van der Waals surface area contributed by atoms with E-state index in [0.29, 0.717) is 18.6 Å². The normalized spacial score (nSPS) is 29.6. The second kappa shape index (κ2) is 5.67. The van der Waals surface area contributed by atoms with E-state index in [9.17, 15) is 18.0 Å². The summed E-state index contributed by atoms with van der Waals surface area (Å²) in [5.41, 5.74) is 0. The number of carbonyl (C=O) groups excluding carboxylic acids is 1. The number of pyridine rings is 1. The van der Waals surface area contributed by atoms with E-state index in [1.165, 1.54) is 26.4 Å². The summed E-state index contributed by atoms with van der Waals surface area (Å²) in [4.78, 5) is 17.8. The molecule has 1 amide bonds. The number of amides is 1. The minimum atomic E-state index is -4.46. The van der Waals surface area contributed by atoms with Crippen molar-refractivity contribution >= 4 is 11.7 Å². The largest absolute Gasteiger partial charge is 0.497 e. The molecule has 3 heterocycles. The van der Waals surface area contributed by atoms with Crippen molar-refractivity contribution < 1.29 is 27.4 Å². The maximum atomic E-state index is 13.3. The number of aromatic nitrogens is 1. The molecular weight excluding hydrogens is 313 g/mol. The molecule has 2 aliphatic heterocycles. The van der Waals surface area contributed by atoms with Crippen LogP contribution >= 0.6 is 0 Å². The van der Waals surface area contributed by atoms with Gasteiger partial charge >= 0.3 is 6.18 Å². The summed E-state index contributed by atoms with van der Waals surface area (Å²) in [6.07, 6.45) is -3.78. The minimum Gasteiger partial charge on any atom is -0.497 e. The molecule has 0 aromatic carbocycles. The molecule has 2 bridgehead atoms. The third-order valence-corrected chi connectivity index (χ3v) is 4.56. The average Bonchev–Trinajstić information content (AvgIpc) is 3.13. The first-order valence-corrected chi connectivity index (χ1v) is 7.32. The Labute approximate surface area is 131 Å². The maximum Gasteiger partial charge on any atom is 0.395 e. The van der Waals surface area contributed by atoms with Gasteiger partial charge in [-0.25, -0.2) is 4.98 Å². The second-order valence-electron chi connectivity index (χ2n) is 5.83. The Kier molecular flexibility index (Phi) is 3.95. The van der Waals surface area contributed by atoms with Gasteiger partial charge in [0.15, 0.2) is 0 Å². The van der Waals surface area contributed by atoms with Gasteiger partial charge in [-0.05, 0) is 18.9 Å². The fourth-order valence-electron chi connectivity index (χ4n) is 3.45. The summed E-state index contributed by atoms with van der Waals surface area (Å²) < 4.78 is 50.4. The Bertz CT molecular complexity index is 608. The number of hydrogen-bond donors (Lipinski definition) is 0. The van der Waals surface area contributed by atoms with Gasteiger partial charge in [-0.15, -0.1) is 0 Å². The average molecular weight is 330 g/mol. The highest BCUT2D eigenvalue weighted by Crippen LogP contribution is 2.51. The lowest BCUT2D eigenvalue weighted by atomic mass is 9.78. The Morgan fingerprint density at radius 3 is 2.74 bits per heavy atom. The van der Waals surface area contributed by atoms with Crippen LogP contribution < -0.4 is 9.64 Å². The molecule has 0 radical (unpaired) electrons. The summed E-state index contributed by atoms with van der Waals surface area (Å²) in [5, 5.41) is 0. The Hall–Kier alpha value is -1.83. The van der Waals surface area contributed by atoms with Crippen molar-refractivity contribution in [3.05, 3.63) is 18.3 Å². The number of halogens is 3. The first kappa shape index (κ1) is 16.0. The maximum absolute atomic E-state index is 13.3. The van der Waals surface area contributed by atoms with Gasteiger partial charge < -0.3 is 9.47 Å².